The van der Waals surface area contributed by atoms with E-state index < -0.39 is 12.0 Å². The van der Waals surface area contributed by atoms with Crippen LogP contribution in [0.15, 0.2) is 36.5 Å². The maximum absolute atomic E-state index is 11.0. The van der Waals surface area contributed by atoms with E-state index in [1.165, 1.54) is 10.9 Å². The highest BCUT2D eigenvalue weighted by Gasteiger charge is 2.17. The van der Waals surface area contributed by atoms with E-state index in [9.17, 15) is 9.59 Å². The minimum absolute atomic E-state index is 0.0545. The number of nitrogens with two attached hydrogens (primary N) is 1. The zero-order valence-corrected chi connectivity index (χ0v) is 9.20. The summed E-state index contributed by atoms with van der Waals surface area (Å²) in [4.78, 5) is 21.8. The fourth-order valence-electron chi connectivity index (χ4n) is 1.47. The molecule has 1 aromatic carbocycles. The van der Waals surface area contributed by atoms with Crippen LogP contribution in [0.5, 0.6) is 0 Å². The maximum Gasteiger partial charge on any atom is 0.358 e. The Morgan fingerprint density at radius 1 is 1.28 bits per heavy atom. The third-order valence-corrected chi connectivity index (χ3v) is 2.20. The number of amides is 2. The molecule has 0 aliphatic rings. The van der Waals surface area contributed by atoms with E-state index in [0.29, 0.717) is 5.69 Å². The smallest absolute Gasteiger partial charge is 0.358 e. The van der Waals surface area contributed by atoms with Crippen LogP contribution in [0.25, 0.3) is 5.69 Å². The highest BCUT2D eigenvalue weighted by atomic mass is 16.4. The summed E-state index contributed by atoms with van der Waals surface area (Å²) in [6.45, 7) is 0. The summed E-state index contributed by atoms with van der Waals surface area (Å²) in [5, 5.41) is 15.1. The van der Waals surface area contributed by atoms with Crippen molar-refractivity contribution in [1.82, 2.24) is 9.78 Å². The molecule has 0 unspecified atom stereocenters. The van der Waals surface area contributed by atoms with Gasteiger partial charge in [-0.2, -0.15) is 5.10 Å². The number of aromatic nitrogens is 2. The number of hydrogen-bond donors (Lipinski definition) is 3. The van der Waals surface area contributed by atoms with Crippen LogP contribution in [-0.2, 0) is 0 Å². The van der Waals surface area contributed by atoms with Gasteiger partial charge in [-0.25, -0.2) is 14.3 Å². The second-order valence-electron chi connectivity index (χ2n) is 3.47. The highest BCUT2D eigenvalue weighted by Crippen LogP contribution is 2.17. The maximum atomic E-state index is 11.0. The Bertz CT molecular complexity index is 592. The zero-order chi connectivity index (χ0) is 13.1. The van der Waals surface area contributed by atoms with Gasteiger partial charge in [-0.3, -0.25) is 0 Å². The van der Waals surface area contributed by atoms with Crippen LogP contribution in [0.4, 0.5) is 10.5 Å². The predicted molar refractivity (Wildman–Crippen MR) is 63.7 cm³/mol. The zero-order valence-electron chi connectivity index (χ0n) is 9.20. The Balaban J connectivity index is 2.45. The topological polar surface area (TPSA) is 110 Å². The molecule has 0 aliphatic carbocycles. The molecule has 2 rings (SSSR count). The molecule has 7 heteroatoms. The molecule has 0 radical (unpaired) electrons. The van der Waals surface area contributed by atoms with Crippen molar-refractivity contribution in [2.24, 2.45) is 5.73 Å². The molecule has 2 aromatic rings. The average Bonchev–Trinajstić information content (AvgIpc) is 2.73. The SMILES string of the molecule is NC(=O)Nc1cn(-c2ccccc2)nc1C(=O)O. The number of hydrogen-bond acceptors (Lipinski definition) is 3. The number of benzene rings is 1. The lowest BCUT2D eigenvalue weighted by Gasteiger charge is -1.98. The van der Waals surface area contributed by atoms with E-state index in [1.807, 2.05) is 6.07 Å². The molecular weight excluding hydrogens is 236 g/mol. The third kappa shape index (κ3) is 2.29. The quantitative estimate of drug-likeness (QED) is 0.751. The Morgan fingerprint density at radius 3 is 2.50 bits per heavy atom. The van der Waals surface area contributed by atoms with Gasteiger partial charge in [-0.15, -0.1) is 0 Å². The molecule has 1 heterocycles. The lowest BCUT2D eigenvalue weighted by atomic mass is 10.3. The van der Waals surface area contributed by atoms with E-state index in [0.717, 1.165) is 0 Å². The molecular formula is C11H10N4O3. The van der Waals surface area contributed by atoms with Gasteiger partial charge in [0.05, 0.1) is 17.6 Å². The minimum Gasteiger partial charge on any atom is -0.476 e. The number of carboxylic acids is 1. The molecule has 0 atom stereocenters. The van der Waals surface area contributed by atoms with Crippen molar-refractivity contribution in [3.8, 4) is 5.69 Å². The molecule has 7 nitrogen and oxygen atoms in total. The predicted octanol–water partition coefficient (Wildman–Crippen LogP) is 1.06. The summed E-state index contributed by atoms with van der Waals surface area (Å²) in [5.74, 6) is -1.24. The second kappa shape index (κ2) is 4.58. The monoisotopic (exact) mass is 246 g/mol. The molecule has 2 amide bonds. The molecule has 4 N–H and O–H groups in total. The van der Waals surface area contributed by atoms with Gasteiger partial charge in [-0.05, 0) is 12.1 Å². The van der Waals surface area contributed by atoms with Crippen LogP contribution >= 0.6 is 0 Å². The van der Waals surface area contributed by atoms with Gasteiger partial charge in [0.25, 0.3) is 0 Å². The molecule has 0 saturated heterocycles. The summed E-state index contributed by atoms with van der Waals surface area (Å²) < 4.78 is 1.36. The van der Waals surface area contributed by atoms with Crippen molar-refractivity contribution < 1.29 is 14.7 Å². The van der Waals surface area contributed by atoms with E-state index >= 15 is 0 Å². The second-order valence-corrected chi connectivity index (χ2v) is 3.47. The van der Waals surface area contributed by atoms with E-state index in [-0.39, 0.29) is 11.4 Å². The van der Waals surface area contributed by atoms with E-state index in [2.05, 4.69) is 10.4 Å². The summed E-state index contributed by atoms with van der Waals surface area (Å²) in [6.07, 6.45) is 1.39. The number of para-hydroxylation sites is 1. The number of aromatic carboxylic acids is 1. The van der Waals surface area contributed by atoms with Crippen LogP contribution in [0.2, 0.25) is 0 Å². The number of urea groups is 1. The molecule has 0 saturated carbocycles. The lowest BCUT2D eigenvalue weighted by molar-refractivity contribution is 0.0691. The summed E-state index contributed by atoms with van der Waals surface area (Å²) in [7, 11) is 0. The van der Waals surface area contributed by atoms with Crippen LogP contribution < -0.4 is 11.1 Å². The van der Waals surface area contributed by atoms with Gasteiger partial charge in [0, 0.05) is 0 Å². The number of carboxylic acid groups (broad SMARTS) is 1. The van der Waals surface area contributed by atoms with Gasteiger partial charge in [0.2, 0.25) is 0 Å². The molecule has 0 fully saturated rings. The van der Waals surface area contributed by atoms with Gasteiger partial charge in [-0.1, -0.05) is 18.2 Å². The van der Waals surface area contributed by atoms with Crippen LogP contribution in [0.3, 0.4) is 0 Å². The fourth-order valence-corrected chi connectivity index (χ4v) is 1.47. The Morgan fingerprint density at radius 2 is 1.94 bits per heavy atom. The van der Waals surface area contributed by atoms with Crippen LogP contribution in [-0.4, -0.2) is 26.9 Å². The van der Waals surface area contributed by atoms with Crippen molar-refractivity contribution in [3.05, 3.63) is 42.2 Å². The first-order chi connectivity index (χ1) is 8.58. The van der Waals surface area contributed by atoms with Crippen LogP contribution in [0, 0.1) is 0 Å². The highest BCUT2D eigenvalue weighted by molar-refractivity contribution is 5.98. The Hall–Kier alpha value is -2.83. The summed E-state index contributed by atoms with van der Waals surface area (Å²) in [5.41, 5.74) is 5.43. The molecule has 0 bridgehead atoms. The molecule has 0 aliphatic heterocycles. The number of carbonyl (C=O) groups is 2. The number of nitrogens with one attached hydrogen (secondary N) is 1. The standard InChI is InChI=1S/C11H10N4O3/c12-11(18)13-8-6-15(14-9(8)10(16)17)7-4-2-1-3-5-7/h1-6H,(H,16,17)(H3,12,13,18). The molecule has 18 heavy (non-hydrogen) atoms. The first kappa shape index (κ1) is 11.6. The largest absolute Gasteiger partial charge is 0.476 e. The average molecular weight is 246 g/mol. The molecule has 92 valence electrons. The summed E-state index contributed by atoms with van der Waals surface area (Å²) >= 11 is 0. The lowest BCUT2D eigenvalue weighted by Crippen LogP contribution is -2.20. The van der Waals surface area contributed by atoms with Gasteiger partial charge < -0.3 is 16.2 Å². The van der Waals surface area contributed by atoms with Crippen LogP contribution in [0.1, 0.15) is 10.5 Å². The molecule has 1 aromatic heterocycles. The number of nitrogens with zero attached hydrogens (tertiary/aromatic N) is 2. The van der Waals surface area contributed by atoms with Crippen molar-refractivity contribution in [2.75, 3.05) is 5.32 Å². The van der Waals surface area contributed by atoms with E-state index in [1.54, 1.807) is 24.3 Å². The fraction of sp³-hybridized carbons (Fsp3) is 0. The number of rotatable bonds is 3. The van der Waals surface area contributed by atoms with Crippen molar-refractivity contribution in [1.29, 1.82) is 0 Å². The first-order valence-corrected chi connectivity index (χ1v) is 5.03. The Kier molecular flexibility index (Phi) is 2.96. The number of primary amides is 1. The minimum atomic E-state index is -1.24. The number of carbonyl (C=O) groups excluding carboxylic acids is 1. The van der Waals surface area contributed by atoms with Gasteiger partial charge >= 0.3 is 12.0 Å². The van der Waals surface area contributed by atoms with E-state index in [4.69, 9.17) is 10.8 Å². The third-order valence-electron chi connectivity index (χ3n) is 2.20. The van der Waals surface area contributed by atoms with Gasteiger partial charge in [0.1, 0.15) is 0 Å². The van der Waals surface area contributed by atoms with Gasteiger partial charge in [0.15, 0.2) is 5.69 Å². The summed E-state index contributed by atoms with van der Waals surface area (Å²) in [6, 6.07) is 8.08. The molecule has 0 spiro atoms. The Labute approximate surface area is 102 Å². The normalized spacial score (nSPS) is 10.0. The van der Waals surface area contributed by atoms with Crippen molar-refractivity contribution in [3.63, 3.8) is 0 Å². The van der Waals surface area contributed by atoms with Crippen molar-refractivity contribution in [2.45, 2.75) is 0 Å². The first-order valence-electron chi connectivity index (χ1n) is 5.03. The number of anilines is 1. The van der Waals surface area contributed by atoms with Crippen molar-refractivity contribution >= 4 is 17.7 Å².